The largest absolute Gasteiger partial charge is 0.322 e. The number of hydrogen-bond acceptors (Lipinski definition) is 3. The Bertz CT molecular complexity index is 1040. The molecule has 0 unspecified atom stereocenters. The monoisotopic (exact) mass is 315 g/mol. The van der Waals surface area contributed by atoms with Crippen molar-refractivity contribution in [3.05, 3.63) is 78.2 Å². The van der Waals surface area contributed by atoms with Crippen LogP contribution in [0.3, 0.4) is 0 Å². The Morgan fingerprint density at radius 1 is 1.09 bits per heavy atom. The van der Waals surface area contributed by atoms with Crippen molar-refractivity contribution >= 4 is 28.2 Å². The SMILES string of the molecule is N#Cc1c(CSc2ccnc3ccccc23)cn2ccccc12. The molecule has 0 N–H and O–H groups in total. The first-order valence-electron chi connectivity index (χ1n) is 7.32. The highest BCUT2D eigenvalue weighted by molar-refractivity contribution is 7.98. The number of rotatable bonds is 3. The molecule has 3 nitrogen and oxygen atoms in total. The lowest BCUT2D eigenvalue weighted by atomic mass is 10.2. The maximum atomic E-state index is 9.49. The van der Waals surface area contributed by atoms with Crippen LogP contribution in [0.4, 0.5) is 0 Å². The number of nitriles is 1. The van der Waals surface area contributed by atoms with Crippen molar-refractivity contribution in [2.45, 2.75) is 10.6 Å². The van der Waals surface area contributed by atoms with Gasteiger partial charge >= 0.3 is 0 Å². The lowest BCUT2D eigenvalue weighted by Crippen LogP contribution is -1.84. The van der Waals surface area contributed by atoms with E-state index in [9.17, 15) is 5.26 Å². The fraction of sp³-hybridized carbons (Fsp3) is 0.0526. The van der Waals surface area contributed by atoms with Gasteiger partial charge in [-0.05, 0) is 29.8 Å². The Labute approximate surface area is 138 Å². The van der Waals surface area contributed by atoms with Crippen LogP contribution in [0.15, 0.2) is 72.0 Å². The molecular weight excluding hydrogens is 302 g/mol. The standard InChI is InChI=1S/C19H13N3S/c20-11-16-14(12-22-10-4-3-7-18(16)22)13-23-19-8-9-21-17-6-2-1-5-15(17)19/h1-10,12H,13H2. The molecular formula is C19H13N3S. The second-order valence-electron chi connectivity index (χ2n) is 5.25. The van der Waals surface area contributed by atoms with Crippen LogP contribution >= 0.6 is 11.8 Å². The molecule has 4 heteroatoms. The van der Waals surface area contributed by atoms with E-state index in [1.807, 2.05) is 65.5 Å². The molecule has 0 radical (unpaired) electrons. The molecule has 3 aromatic heterocycles. The van der Waals surface area contributed by atoms with Gasteiger partial charge in [-0.25, -0.2) is 0 Å². The molecule has 0 fully saturated rings. The minimum Gasteiger partial charge on any atom is -0.322 e. The second-order valence-corrected chi connectivity index (χ2v) is 6.27. The predicted octanol–water partition coefficient (Wildman–Crippen LogP) is 4.65. The third kappa shape index (κ3) is 2.45. The van der Waals surface area contributed by atoms with Crippen LogP contribution in [0.2, 0.25) is 0 Å². The average molecular weight is 315 g/mol. The Morgan fingerprint density at radius 3 is 2.87 bits per heavy atom. The number of pyridine rings is 2. The molecule has 4 aromatic rings. The molecule has 110 valence electrons. The third-order valence-electron chi connectivity index (χ3n) is 3.87. The maximum absolute atomic E-state index is 9.49. The predicted molar refractivity (Wildman–Crippen MR) is 93.4 cm³/mol. The zero-order valence-corrected chi connectivity index (χ0v) is 13.1. The summed E-state index contributed by atoms with van der Waals surface area (Å²) in [5.74, 6) is 0.762. The van der Waals surface area contributed by atoms with Gasteiger partial charge in [-0.15, -0.1) is 11.8 Å². The Hall–Kier alpha value is -2.77. The maximum Gasteiger partial charge on any atom is 0.102 e. The van der Waals surface area contributed by atoms with E-state index in [0.717, 1.165) is 33.3 Å². The Balaban J connectivity index is 1.70. The van der Waals surface area contributed by atoms with Crippen molar-refractivity contribution in [1.29, 1.82) is 5.26 Å². The highest BCUT2D eigenvalue weighted by Gasteiger charge is 2.11. The smallest absolute Gasteiger partial charge is 0.102 e. The minimum atomic E-state index is 0.761. The van der Waals surface area contributed by atoms with Crippen LogP contribution < -0.4 is 0 Å². The minimum absolute atomic E-state index is 0.761. The van der Waals surface area contributed by atoms with E-state index in [4.69, 9.17) is 0 Å². The molecule has 23 heavy (non-hydrogen) atoms. The van der Waals surface area contributed by atoms with Crippen LogP contribution in [-0.2, 0) is 5.75 Å². The van der Waals surface area contributed by atoms with E-state index in [0.29, 0.717) is 0 Å². The Morgan fingerprint density at radius 2 is 1.96 bits per heavy atom. The number of thioether (sulfide) groups is 1. The van der Waals surface area contributed by atoms with Gasteiger partial charge in [0.05, 0.1) is 16.6 Å². The highest BCUT2D eigenvalue weighted by atomic mass is 32.2. The van der Waals surface area contributed by atoms with Crippen LogP contribution in [0.5, 0.6) is 0 Å². The number of fused-ring (bicyclic) bond motifs is 2. The first kappa shape index (κ1) is 13.9. The van der Waals surface area contributed by atoms with Gasteiger partial charge in [-0.3, -0.25) is 4.98 Å². The van der Waals surface area contributed by atoms with Crippen LogP contribution in [0, 0.1) is 11.3 Å². The van der Waals surface area contributed by atoms with Crippen LogP contribution in [-0.4, -0.2) is 9.38 Å². The van der Waals surface area contributed by atoms with Crippen LogP contribution in [0.25, 0.3) is 16.4 Å². The fourth-order valence-corrected chi connectivity index (χ4v) is 3.78. The molecule has 4 rings (SSSR count). The topological polar surface area (TPSA) is 41.1 Å². The molecule has 0 saturated carbocycles. The fourth-order valence-electron chi connectivity index (χ4n) is 2.77. The van der Waals surface area contributed by atoms with Gasteiger partial charge in [0, 0.05) is 34.6 Å². The van der Waals surface area contributed by atoms with Crippen LogP contribution in [0.1, 0.15) is 11.1 Å². The van der Waals surface area contributed by atoms with Gasteiger partial charge < -0.3 is 4.40 Å². The first-order chi connectivity index (χ1) is 11.4. The lowest BCUT2D eigenvalue weighted by Gasteiger charge is -2.05. The molecule has 0 spiro atoms. The molecule has 0 bridgehead atoms. The van der Waals surface area contributed by atoms with Crippen molar-refractivity contribution in [2.24, 2.45) is 0 Å². The molecule has 0 atom stereocenters. The number of para-hydroxylation sites is 1. The van der Waals surface area contributed by atoms with Crippen molar-refractivity contribution in [3.8, 4) is 6.07 Å². The quantitative estimate of drug-likeness (QED) is 0.517. The first-order valence-corrected chi connectivity index (χ1v) is 8.30. The molecule has 0 aliphatic rings. The Kier molecular flexibility index (Phi) is 3.49. The highest BCUT2D eigenvalue weighted by Crippen LogP contribution is 2.31. The van der Waals surface area contributed by atoms with E-state index in [-0.39, 0.29) is 0 Å². The summed E-state index contributed by atoms with van der Waals surface area (Å²) in [6.45, 7) is 0. The zero-order valence-electron chi connectivity index (χ0n) is 12.3. The van der Waals surface area contributed by atoms with Gasteiger partial charge in [0.1, 0.15) is 6.07 Å². The van der Waals surface area contributed by atoms with Gasteiger partial charge in [-0.2, -0.15) is 5.26 Å². The number of aromatic nitrogens is 2. The summed E-state index contributed by atoms with van der Waals surface area (Å²) >= 11 is 1.74. The van der Waals surface area contributed by atoms with Gasteiger partial charge in [-0.1, -0.05) is 24.3 Å². The van der Waals surface area contributed by atoms with Crippen molar-refractivity contribution in [3.63, 3.8) is 0 Å². The summed E-state index contributed by atoms with van der Waals surface area (Å²) in [7, 11) is 0. The van der Waals surface area contributed by atoms with E-state index in [1.54, 1.807) is 11.8 Å². The molecule has 0 aliphatic heterocycles. The van der Waals surface area contributed by atoms with Crippen molar-refractivity contribution in [2.75, 3.05) is 0 Å². The average Bonchev–Trinajstić information content (AvgIpc) is 2.97. The summed E-state index contributed by atoms with van der Waals surface area (Å²) in [6, 6.07) is 18.4. The van der Waals surface area contributed by atoms with E-state index < -0.39 is 0 Å². The van der Waals surface area contributed by atoms with Crippen molar-refractivity contribution in [1.82, 2.24) is 9.38 Å². The third-order valence-corrected chi connectivity index (χ3v) is 4.99. The van der Waals surface area contributed by atoms with E-state index >= 15 is 0 Å². The summed E-state index contributed by atoms with van der Waals surface area (Å²) in [5.41, 5.74) is 3.78. The molecule has 1 aromatic carbocycles. The van der Waals surface area contributed by atoms with Gasteiger partial charge in [0.25, 0.3) is 0 Å². The van der Waals surface area contributed by atoms with E-state index in [1.165, 1.54) is 4.90 Å². The lowest BCUT2D eigenvalue weighted by molar-refractivity contribution is 1.18. The molecule has 0 amide bonds. The summed E-state index contributed by atoms with van der Waals surface area (Å²) in [4.78, 5) is 5.59. The normalized spacial score (nSPS) is 10.9. The van der Waals surface area contributed by atoms with Crippen molar-refractivity contribution < 1.29 is 0 Å². The second kappa shape index (κ2) is 5.79. The number of benzene rings is 1. The van der Waals surface area contributed by atoms with Gasteiger partial charge in [0.15, 0.2) is 0 Å². The zero-order chi connectivity index (χ0) is 15.6. The van der Waals surface area contributed by atoms with E-state index in [2.05, 4.69) is 17.1 Å². The summed E-state index contributed by atoms with van der Waals surface area (Å²) in [5, 5.41) is 10.6. The summed E-state index contributed by atoms with van der Waals surface area (Å²) < 4.78 is 2.01. The molecule has 0 aliphatic carbocycles. The molecule has 3 heterocycles. The number of hydrogen-bond donors (Lipinski definition) is 0. The molecule has 0 saturated heterocycles. The van der Waals surface area contributed by atoms with Gasteiger partial charge in [0.2, 0.25) is 0 Å². The summed E-state index contributed by atoms with van der Waals surface area (Å²) in [6.07, 6.45) is 5.86. The number of nitrogens with zero attached hydrogens (tertiary/aromatic N) is 3.